The maximum Gasteiger partial charge on any atom is 0.307 e. The summed E-state index contributed by atoms with van der Waals surface area (Å²) in [5, 5.41) is 4.26. The van der Waals surface area contributed by atoms with E-state index in [0.29, 0.717) is 33.6 Å². The van der Waals surface area contributed by atoms with Crippen molar-refractivity contribution < 1.29 is 23.4 Å². The number of amides is 1. The largest absolute Gasteiger partial charge is 0.493 e. The van der Waals surface area contributed by atoms with E-state index in [0.717, 1.165) is 17.1 Å². The molecule has 2 aromatic carbocycles. The number of hydrogen-bond donors (Lipinski definition) is 1. The molecule has 4 rings (SSSR count). The van der Waals surface area contributed by atoms with E-state index in [-0.39, 0.29) is 19.0 Å². The average Bonchev–Trinajstić information content (AvgIpc) is 3.53. The Balaban J connectivity index is 1.32. The van der Waals surface area contributed by atoms with Crippen molar-refractivity contribution in [3.63, 3.8) is 0 Å². The van der Waals surface area contributed by atoms with Gasteiger partial charge < -0.3 is 23.2 Å². The van der Waals surface area contributed by atoms with E-state index in [1.807, 2.05) is 24.3 Å². The maximum atomic E-state index is 12.4. The molecule has 0 saturated heterocycles. The van der Waals surface area contributed by atoms with E-state index in [1.54, 1.807) is 24.3 Å². The number of benzene rings is 2. The summed E-state index contributed by atoms with van der Waals surface area (Å²) in [6.45, 7) is 4.35. The van der Waals surface area contributed by atoms with E-state index in [9.17, 15) is 4.79 Å². The van der Waals surface area contributed by atoms with Gasteiger partial charge in [-0.15, -0.1) is 6.42 Å². The second kappa shape index (κ2) is 12.1. The van der Waals surface area contributed by atoms with E-state index in [2.05, 4.69) is 47.0 Å². The summed E-state index contributed by atoms with van der Waals surface area (Å²) >= 11 is 6.26. The zero-order valence-corrected chi connectivity index (χ0v) is 21.9. The van der Waals surface area contributed by atoms with Gasteiger partial charge in [0.25, 0.3) is 0 Å². The molecule has 2 aromatic heterocycles. The molecule has 1 N–H and O–H groups in total. The van der Waals surface area contributed by atoms with Crippen molar-refractivity contribution in [3.8, 4) is 35.3 Å². The standard InChI is InChI=1S/C29H26ClN3O5/c1-5-14-36-28-25(30)15-21(16-27(28)35-4)17-31-32-29(34)26-13-12-24(38-26)18-37-23-10-8-22(9-11-23)33-19(2)6-7-20(33)3/h1,6-13,15-17H,14,18H2,2-4H3,(H,32,34)/b31-17+. The van der Waals surface area contributed by atoms with Crippen molar-refractivity contribution in [1.29, 1.82) is 0 Å². The molecule has 0 fully saturated rings. The van der Waals surface area contributed by atoms with Gasteiger partial charge in [-0.05, 0) is 80.1 Å². The summed E-state index contributed by atoms with van der Waals surface area (Å²) in [6.07, 6.45) is 6.65. The van der Waals surface area contributed by atoms with Gasteiger partial charge >= 0.3 is 5.91 Å². The molecular weight excluding hydrogens is 506 g/mol. The van der Waals surface area contributed by atoms with Gasteiger partial charge in [-0.25, -0.2) is 5.43 Å². The number of rotatable bonds is 10. The number of furan rings is 1. The lowest BCUT2D eigenvalue weighted by Crippen LogP contribution is -2.16. The number of halogens is 1. The Kier molecular flexibility index (Phi) is 8.41. The maximum absolute atomic E-state index is 12.4. The summed E-state index contributed by atoms with van der Waals surface area (Å²) in [4.78, 5) is 12.4. The minimum absolute atomic E-state index is 0.0514. The Morgan fingerprint density at radius 1 is 1.11 bits per heavy atom. The van der Waals surface area contributed by atoms with Crippen LogP contribution in [0.25, 0.3) is 5.69 Å². The Labute approximate surface area is 225 Å². The number of aromatic nitrogens is 1. The average molecular weight is 532 g/mol. The smallest absolute Gasteiger partial charge is 0.307 e. The van der Waals surface area contributed by atoms with Crippen LogP contribution in [0.4, 0.5) is 0 Å². The third-order valence-electron chi connectivity index (χ3n) is 5.56. The number of carbonyl (C=O) groups excluding carboxylic acids is 1. The molecule has 0 atom stereocenters. The fraction of sp³-hybridized carbons (Fsp3) is 0.172. The van der Waals surface area contributed by atoms with Gasteiger partial charge in [-0.3, -0.25) is 4.79 Å². The number of carbonyl (C=O) groups is 1. The highest BCUT2D eigenvalue weighted by Gasteiger charge is 2.13. The molecule has 9 heteroatoms. The SMILES string of the molecule is C#CCOc1c(Cl)cc(/C=N/NC(=O)c2ccc(COc3ccc(-n4c(C)ccc4C)cc3)o2)cc1OC. The van der Waals surface area contributed by atoms with Crippen LogP contribution in [0.1, 0.15) is 33.3 Å². The molecule has 38 heavy (non-hydrogen) atoms. The molecule has 0 aliphatic heterocycles. The van der Waals surface area contributed by atoms with Crippen molar-refractivity contribution in [1.82, 2.24) is 9.99 Å². The molecular formula is C29H26ClN3O5. The van der Waals surface area contributed by atoms with E-state index < -0.39 is 5.91 Å². The van der Waals surface area contributed by atoms with Crippen LogP contribution in [0.15, 0.2) is 70.2 Å². The number of methoxy groups -OCH3 is 1. The number of aryl methyl sites for hydroxylation is 2. The molecule has 0 unspecified atom stereocenters. The minimum Gasteiger partial charge on any atom is -0.493 e. The van der Waals surface area contributed by atoms with Crippen LogP contribution in [0.2, 0.25) is 5.02 Å². The highest BCUT2D eigenvalue weighted by atomic mass is 35.5. The molecule has 194 valence electrons. The molecule has 0 spiro atoms. The molecule has 4 aromatic rings. The van der Waals surface area contributed by atoms with Gasteiger partial charge in [-0.1, -0.05) is 17.5 Å². The first kappa shape index (κ1) is 26.5. The molecule has 0 aliphatic carbocycles. The molecule has 0 saturated carbocycles. The first-order chi connectivity index (χ1) is 18.4. The Morgan fingerprint density at radius 3 is 2.53 bits per heavy atom. The quantitative estimate of drug-likeness (QED) is 0.161. The zero-order valence-electron chi connectivity index (χ0n) is 21.2. The lowest BCUT2D eigenvalue weighted by molar-refractivity contribution is 0.0923. The van der Waals surface area contributed by atoms with Crippen molar-refractivity contribution in [2.75, 3.05) is 13.7 Å². The summed E-state index contributed by atoms with van der Waals surface area (Å²) in [6, 6.07) is 18.5. The molecule has 8 nitrogen and oxygen atoms in total. The van der Waals surface area contributed by atoms with E-state index >= 15 is 0 Å². The van der Waals surface area contributed by atoms with Crippen molar-refractivity contribution in [3.05, 3.63) is 94.2 Å². The zero-order chi connectivity index (χ0) is 27.1. The van der Waals surface area contributed by atoms with Gasteiger partial charge in [0.1, 0.15) is 24.7 Å². The van der Waals surface area contributed by atoms with E-state index in [1.165, 1.54) is 13.3 Å². The van der Waals surface area contributed by atoms with Crippen LogP contribution in [0, 0.1) is 26.2 Å². The fourth-order valence-electron chi connectivity index (χ4n) is 3.79. The normalized spacial score (nSPS) is 10.8. The second-order valence-electron chi connectivity index (χ2n) is 8.23. The molecule has 2 heterocycles. The number of ether oxygens (including phenoxy) is 3. The number of hydrogen-bond acceptors (Lipinski definition) is 6. The third-order valence-corrected chi connectivity index (χ3v) is 5.84. The van der Waals surface area contributed by atoms with Crippen LogP contribution in [-0.4, -0.2) is 30.4 Å². The Hall–Kier alpha value is -4.61. The van der Waals surface area contributed by atoms with Gasteiger partial charge in [0.05, 0.1) is 18.3 Å². The fourth-order valence-corrected chi connectivity index (χ4v) is 4.06. The number of nitrogens with one attached hydrogen (secondary N) is 1. The molecule has 0 bridgehead atoms. The number of nitrogens with zero attached hydrogens (tertiary/aromatic N) is 2. The van der Waals surface area contributed by atoms with Crippen LogP contribution in [-0.2, 0) is 6.61 Å². The predicted octanol–water partition coefficient (Wildman–Crippen LogP) is 5.70. The predicted molar refractivity (Wildman–Crippen MR) is 146 cm³/mol. The van der Waals surface area contributed by atoms with Gasteiger partial charge in [0, 0.05) is 17.1 Å². The van der Waals surface area contributed by atoms with Gasteiger partial charge in [0.15, 0.2) is 17.3 Å². The molecule has 0 aliphatic rings. The lowest BCUT2D eigenvalue weighted by atomic mass is 10.2. The molecule has 0 radical (unpaired) electrons. The Bertz CT molecular complexity index is 1480. The van der Waals surface area contributed by atoms with Crippen LogP contribution in [0.5, 0.6) is 17.2 Å². The van der Waals surface area contributed by atoms with Crippen LogP contribution in [0.3, 0.4) is 0 Å². The first-order valence-corrected chi connectivity index (χ1v) is 12.0. The summed E-state index contributed by atoms with van der Waals surface area (Å²) < 4.78 is 24.3. The number of terminal acetylenes is 1. The first-order valence-electron chi connectivity index (χ1n) is 11.6. The Morgan fingerprint density at radius 2 is 1.84 bits per heavy atom. The van der Waals surface area contributed by atoms with Crippen molar-refractivity contribution in [2.45, 2.75) is 20.5 Å². The second-order valence-corrected chi connectivity index (χ2v) is 8.63. The molecule has 1 amide bonds. The van der Waals surface area contributed by atoms with Crippen molar-refractivity contribution in [2.24, 2.45) is 5.10 Å². The monoisotopic (exact) mass is 531 g/mol. The van der Waals surface area contributed by atoms with Gasteiger partial charge in [0.2, 0.25) is 0 Å². The minimum atomic E-state index is -0.513. The topological polar surface area (TPSA) is 87.2 Å². The van der Waals surface area contributed by atoms with Crippen molar-refractivity contribution >= 4 is 23.7 Å². The third kappa shape index (κ3) is 6.20. The van der Waals surface area contributed by atoms with Crippen LogP contribution < -0.4 is 19.6 Å². The lowest BCUT2D eigenvalue weighted by Gasteiger charge is -2.11. The van der Waals surface area contributed by atoms with Crippen LogP contribution >= 0.6 is 11.6 Å². The number of hydrazone groups is 1. The van der Waals surface area contributed by atoms with E-state index in [4.69, 9.17) is 36.7 Å². The summed E-state index contributed by atoms with van der Waals surface area (Å²) in [5.41, 5.74) is 6.39. The summed E-state index contributed by atoms with van der Waals surface area (Å²) in [7, 11) is 1.48. The summed E-state index contributed by atoms with van der Waals surface area (Å²) in [5.74, 6) is 3.87. The van der Waals surface area contributed by atoms with Gasteiger partial charge in [-0.2, -0.15) is 5.10 Å². The highest BCUT2D eigenvalue weighted by Crippen LogP contribution is 2.36. The highest BCUT2D eigenvalue weighted by molar-refractivity contribution is 6.32.